The van der Waals surface area contributed by atoms with Gasteiger partial charge in [0.15, 0.2) is 11.5 Å². The molecule has 3 aromatic rings. The molecule has 0 saturated heterocycles. The van der Waals surface area contributed by atoms with E-state index in [1.807, 2.05) is 25.1 Å². The molecule has 0 aliphatic heterocycles. The molecule has 0 bridgehead atoms. The zero-order valence-corrected chi connectivity index (χ0v) is 21.4. The third-order valence-electron chi connectivity index (χ3n) is 5.10. The van der Waals surface area contributed by atoms with E-state index >= 15 is 0 Å². The van der Waals surface area contributed by atoms with E-state index in [9.17, 15) is 0 Å². The molecule has 0 aliphatic carbocycles. The van der Waals surface area contributed by atoms with Crippen LogP contribution in [0.3, 0.4) is 0 Å². The number of nitrogens with one attached hydrogen (secondary N) is 1. The standard InChI is InChI=1S/C26H28BrCl2NO2/c1-3-31-25-15-21(16-30-18(2)9-10-19-7-5-4-6-8-19)13-22(27)26(25)32-17-20-11-12-23(28)24(29)14-20/h4-8,11-15,18,30H,3,9-10,16-17H2,1-2H3/t18-/m1/s1. The predicted molar refractivity (Wildman–Crippen MR) is 137 cm³/mol. The highest BCUT2D eigenvalue weighted by Gasteiger charge is 2.14. The second kappa shape index (κ2) is 12.5. The van der Waals surface area contributed by atoms with Crippen molar-refractivity contribution in [2.75, 3.05) is 6.61 Å². The topological polar surface area (TPSA) is 30.5 Å². The van der Waals surface area contributed by atoms with Crippen LogP contribution in [0.2, 0.25) is 10.0 Å². The van der Waals surface area contributed by atoms with Gasteiger partial charge in [-0.2, -0.15) is 0 Å². The molecule has 3 aromatic carbocycles. The Labute approximate surface area is 209 Å². The SMILES string of the molecule is CCOc1cc(CN[C@H](C)CCc2ccccc2)cc(Br)c1OCc1ccc(Cl)c(Cl)c1. The fourth-order valence-electron chi connectivity index (χ4n) is 3.33. The van der Waals surface area contributed by atoms with Crippen LogP contribution in [0.15, 0.2) is 65.1 Å². The molecule has 0 saturated carbocycles. The predicted octanol–water partition coefficient (Wildman–Crippen LogP) is 7.84. The summed E-state index contributed by atoms with van der Waals surface area (Å²) in [5.74, 6) is 1.40. The third kappa shape index (κ3) is 7.41. The summed E-state index contributed by atoms with van der Waals surface area (Å²) in [5.41, 5.74) is 3.44. The largest absolute Gasteiger partial charge is 0.490 e. The Kier molecular flexibility index (Phi) is 9.73. The minimum Gasteiger partial charge on any atom is -0.490 e. The van der Waals surface area contributed by atoms with Crippen molar-refractivity contribution in [2.45, 2.75) is 45.9 Å². The van der Waals surface area contributed by atoms with E-state index in [1.54, 1.807) is 6.07 Å². The first-order chi connectivity index (χ1) is 15.5. The highest BCUT2D eigenvalue weighted by Crippen LogP contribution is 2.37. The minimum absolute atomic E-state index is 0.365. The Balaban J connectivity index is 1.61. The van der Waals surface area contributed by atoms with Crippen LogP contribution in [-0.4, -0.2) is 12.6 Å². The summed E-state index contributed by atoms with van der Waals surface area (Å²) in [4.78, 5) is 0. The number of hydrogen-bond acceptors (Lipinski definition) is 3. The van der Waals surface area contributed by atoms with Gasteiger partial charge in [-0.15, -0.1) is 0 Å². The molecule has 0 spiro atoms. The minimum atomic E-state index is 0.365. The molecule has 170 valence electrons. The molecule has 3 rings (SSSR count). The zero-order chi connectivity index (χ0) is 22.9. The fourth-order valence-corrected chi connectivity index (χ4v) is 4.26. The molecule has 0 unspecified atom stereocenters. The molecule has 0 amide bonds. The van der Waals surface area contributed by atoms with Crippen LogP contribution >= 0.6 is 39.1 Å². The molecule has 0 heterocycles. The van der Waals surface area contributed by atoms with Gasteiger partial charge in [-0.3, -0.25) is 0 Å². The van der Waals surface area contributed by atoms with Gasteiger partial charge < -0.3 is 14.8 Å². The second-order valence-electron chi connectivity index (χ2n) is 7.68. The lowest BCUT2D eigenvalue weighted by atomic mass is 10.1. The average Bonchev–Trinajstić information content (AvgIpc) is 2.79. The summed E-state index contributed by atoms with van der Waals surface area (Å²) in [6, 6.07) is 20.6. The van der Waals surface area contributed by atoms with Crippen molar-refractivity contribution in [3.05, 3.63) is 91.9 Å². The van der Waals surface area contributed by atoms with E-state index in [0.717, 1.165) is 40.7 Å². The highest BCUT2D eigenvalue weighted by molar-refractivity contribution is 9.10. The molecule has 1 atom stereocenters. The maximum atomic E-state index is 6.12. The van der Waals surface area contributed by atoms with Gasteiger partial charge in [0.25, 0.3) is 0 Å². The Morgan fingerprint density at radius 2 is 1.69 bits per heavy atom. The number of benzene rings is 3. The zero-order valence-electron chi connectivity index (χ0n) is 18.3. The first-order valence-corrected chi connectivity index (χ1v) is 12.3. The van der Waals surface area contributed by atoms with Gasteiger partial charge in [0.2, 0.25) is 0 Å². The summed E-state index contributed by atoms with van der Waals surface area (Å²) < 4.78 is 12.8. The van der Waals surface area contributed by atoms with E-state index in [-0.39, 0.29) is 0 Å². The lowest BCUT2D eigenvalue weighted by Gasteiger charge is -2.18. The summed E-state index contributed by atoms with van der Waals surface area (Å²) in [6.07, 6.45) is 2.14. The average molecular weight is 537 g/mol. The van der Waals surface area contributed by atoms with Crippen molar-refractivity contribution in [3.8, 4) is 11.5 Å². The molecule has 32 heavy (non-hydrogen) atoms. The molecule has 0 aliphatic rings. The van der Waals surface area contributed by atoms with Crippen LogP contribution in [-0.2, 0) is 19.6 Å². The van der Waals surface area contributed by atoms with Crippen molar-refractivity contribution < 1.29 is 9.47 Å². The smallest absolute Gasteiger partial charge is 0.175 e. The highest BCUT2D eigenvalue weighted by atomic mass is 79.9. The van der Waals surface area contributed by atoms with Crippen LogP contribution < -0.4 is 14.8 Å². The number of ether oxygens (including phenoxy) is 2. The van der Waals surface area contributed by atoms with E-state index < -0.39 is 0 Å². The molecule has 3 nitrogen and oxygen atoms in total. The van der Waals surface area contributed by atoms with Crippen LogP contribution in [0, 0.1) is 0 Å². The Morgan fingerprint density at radius 3 is 2.41 bits per heavy atom. The van der Waals surface area contributed by atoms with Crippen LogP contribution in [0.5, 0.6) is 11.5 Å². The van der Waals surface area contributed by atoms with Crippen molar-refractivity contribution in [1.29, 1.82) is 0 Å². The normalized spacial score (nSPS) is 11.9. The Morgan fingerprint density at radius 1 is 0.906 bits per heavy atom. The van der Waals surface area contributed by atoms with E-state index in [1.165, 1.54) is 5.56 Å². The van der Waals surface area contributed by atoms with Crippen LogP contribution in [0.4, 0.5) is 0 Å². The third-order valence-corrected chi connectivity index (χ3v) is 6.43. The van der Waals surface area contributed by atoms with Gasteiger partial charge in [0.1, 0.15) is 6.61 Å². The van der Waals surface area contributed by atoms with Crippen molar-refractivity contribution in [2.24, 2.45) is 0 Å². The lowest BCUT2D eigenvalue weighted by Crippen LogP contribution is -2.26. The molecular weight excluding hydrogens is 509 g/mol. The molecule has 0 aromatic heterocycles. The van der Waals surface area contributed by atoms with Gasteiger partial charge in [-0.1, -0.05) is 59.6 Å². The molecule has 1 N–H and O–H groups in total. The number of aryl methyl sites for hydroxylation is 1. The first kappa shape index (κ1) is 24.9. The summed E-state index contributed by atoms with van der Waals surface area (Å²) in [7, 11) is 0. The van der Waals surface area contributed by atoms with E-state index in [2.05, 4.69) is 64.6 Å². The molecule has 6 heteroatoms. The lowest BCUT2D eigenvalue weighted by molar-refractivity contribution is 0.267. The maximum Gasteiger partial charge on any atom is 0.175 e. The van der Waals surface area contributed by atoms with Crippen molar-refractivity contribution in [3.63, 3.8) is 0 Å². The Hall–Kier alpha value is -1.72. The van der Waals surface area contributed by atoms with Crippen molar-refractivity contribution >= 4 is 39.1 Å². The van der Waals surface area contributed by atoms with Crippen molar-refractivity contribution in [1.82, 2.24) is 5.32 Å². The summed E-state index contributed by atoms with van der Waals surface area (Å²) >= 11 is 15.8. The number of hydrogen-bond donors (Lipinski definition) is 1. The second-order valence-corrected chi connectivity index (χ2v) is 9.35. The summed E-state index contributed by atoms with van der Waals surface area (Å²) in [6.45, 7) is 5.86. The number of halogens is 3. The quantitative estimate of drug-likeness (QED) is 0.270. The van der Waals surface area contributed by atoms with E-state index in [4.69, 9.17) is 32.7 Å². The molecular formula is C26H28BrCl2NO2. The number of rotatable bonds is 11. The first-order valence-electron chi connectivity index (χ1n) is 10.8. The van der Waals surface area contributed by atoms with Gasteiger partial charge in [-0.25, -0.2) is 0 Å². The monoisotopic (exact) mass is 535 g/mol. The fraction of sp³-hybridized carbons (Fsp3) is 0.308. The van der Waals surface area contributed by atoms with Gasteiger partial charge in [-0.05, 0) is 83.6 Å². The van der Waals surface area contributed by atoms with E-state index in [0.29, 0.717) is 35.1 Å². The maximum absolute atomic E-state index is 6.12. The molecule has 0 fully saturated rings. The Bertz CT molecular complexity index is 1010. The van der Waals surface area contributed by atoms with Gasteiger partial charge in [0, 0.05) is 12.6 Å². The van der Waals surface area contributed by atoms with Crippen LogP contribution in [0.25, 0.3) is 0 Å². The van der Waals surface area contributed by atoms with Gasteiger partial charge in [0.05, 0.1) is 21.1 Å². The summed E-state index contributed by atoms with van der Waals surface area (Å²) in [5, 5.41) is 4.65. The van der Waals surface area contributed by atoms with Crippen LogP contribution in [0.1, 0.15) is 37.0 Å². The molecule has 0 radical (unpaired) electrons. The van der Waals surface area contributed by atoms with Gasteiger partial charge >= 0.3 is 0 Å².